The Labute approximate surface area is 170 Å². The van der Waals surface area contributed by atoms with E-state index in [-0.39, 0.29) is 23.6 Å². The van der Waals surface area contributed by atoms with E-state index in [9.17, 15) is 9.59 Å². The fourth-order valence-electron chi connectivity index (χ4n) is 2.95. The van der Waals surface area contributed by atoms with Crippen molar-refractivity contribution in [1.29, 1.82) is 0 Å². The maximum atomic E-state index is 12.2. The van der Waals surface area contributed by atoms with Crippen LogP contribution in [-0.2, 0) is 9.59 Å². The Morgan fingerprint density at radius 2 is 2.07 bits per heavy atom. The Bertz CT molecular complexity index is 661. The minimum absolute atomic E-state index is 0.0383. The number of aromatic nitrogens is 2. The second-order valence-electron chi connectivity index (χ2n) is 6.60. The molecule has 1 aromatic heterocycles. The maximum Gasteiger partial charge on any atom is 0.230 e. The van der Waals surface area contributed by atoms with E-state index < -0.39 is 0 Å². The topological polar surface area (TPSA) is 78.4 Å². The molecule has 1 atom stereocenters. The van der Waals surface area contributed by atoms with Crippen LogP contribution in [0.2, 0.25) is 5.15 Å². The third-order valence-electron chi connectivity index (χ3n) is 4.30. The van der Waals surface area contributed by atoms with E-state index in [1.165, 1.54) is 11.8 Å². The molecular formula is C18H28ClN5O2S. The van der Waals surface area contributed by atoms with Crippen LogP contribution in [0, 0.1) is 0 Å². The molecular weight excluding hydrogens is 386 g/mol. The van der Waals surface area contributed by atoms with Crippen LogP contribution < -0.4 is 10.2 Å². The van der Waals surface area contributed by atoms with Gasteiger partial charge < -0.3 is 15.1 Å². The summed E-state index contributed by atoms with van der Waals surface area (Å²) in [5, 5.41) is 3.67. The normalized spacial score (nSPS) is 17.1. The molecule has 1 fully saturated rings. The zero-order chi connectivity index (χ0) is 19.8. The zero-order valence-electron chi connectivity index (χ0n) is 16.2. The highest BCUT2D eigenvalue weighted by Gasteiger charge is 2.28. The predicted molar refractivity (Wildman–Crippen MR) is 109 cm³/mol. The standard InChI is InChI=1S/C18H28ClN5O2S/c1-4-6-17(26)24-9-8-23(11-13(24)3)15-10-14(19)21-18(22-15)27-12-16(25)20-7-5-2/h10,13H,4-9,11-12H2,1-3H3,(H,20,25)/t13-/m1/s1. The molecule has 0 spiro atoms. The monoisotopic (exact) mass is 413 g/mol. The molecule has 1 N–H and O–H groups in total. The summed E-state index contributed by atoms with van der Waals surface area (Å²) in [5.74, 6) is 1.17. The van der Waals surface area contributed by atoms with Crippen molar-refractivity contribution in [3.05, 3.63) is 11.2 Å². The van der Waals surface area contributed by atoms with Gasteiger partial charge in [-0.2, -0.15) is 0 Å². The Morgan fingerprint density at radius 3 is 2.74 bits per heavy atom. The molecule has 2 amide bonds. The summed E-state index contributed by atoms with van der Waals surface area (Å²) in [7, 11) is 0. The number of carbonyl (C=O) groups is 2. The minimum atomic E-state index is -0.0383. The molecule has 0 aromatic carbocycles. The number of amides is 2. The quantitative estimate of drug-likeness (QED) is 0.401. The number of hydrogen-bond acceptors (Lipinski definition) is 6. The first-order valence-electron chi connectivity index (χ1n) is 9.43. The second kappa shape index (κ2) is 10.7. The molecule has 0 saturated carbocycles. The molecule has 27 heavy (non-hydrogen) atoms. The molecule has 0 bridgehead atoms. The molecule has 1 aromatic rings. The van der Waals surface area contributed by atoms with Crippen molar-refractivity contribution in [1.82, 2.24) is 20.2 Å². The van der Waals surface area contributed by atoms with Crippen molar-refractivity contribution in [3.8, 4) is 0 Å². The number of hydrogen-bond donors (Lipinski definition) is 1. The summed E-state index contributed by atoms with van der Waals surface area (Å²) in [6.07, 6.45) is 2.35. The molecule has 1 aliphatic heterocycles. The van der Waals surface area contributed by atoms with Crippen molar-refractivity contribution in [2.24, 2.45) is 0 Å². The lowest BCUT2D eigenvalue weighted by Crippen LogP contribution is -2.54. The van der Waals surface area contributed by atoms with Crippen molar-refractivity contribution in [2.75, 3.05) is 36.8 Å². The average Bonchev–Trinajstić information content (AvgIpc) is 2.64. The molecule has 2 heterocycles. The summed E-state index contributed by atoms with van der Waals surface area (Å²) < 4.78 is 0. The largest absolute Gasteiger partial charge is 0.355 e. The minimum Gasteiger partial charge on any atom is -0.355 e. The summed E-state index contributed by atoms with van der Waals surface area (Å²) in [6.45, 7) is 8.82. The van der Waals surface area contributed by atoms with Gasteiger partial charge in [-0.1, -0.05) is 37.2 Å². The van der Waals surface area contributed by atoms with Crippen molar-refractivity contribution >= 4 is 41.0 Å². The van der Waals surface area contributed by atoms with E-state index in [0.717, 1.165) is 18.7 Å². The van der Waals surface area contributed by atoms with Gasteiger partial charge in [0.05, 0.1) is 5.75 Å². The number of nitrogens with zero attached hydrogens (tertiary/aromatic N) is 4. The molecule has 7 nitrogen and oxygen atoms in total. The number of piperazine rings is 1. The average molecular weight is 414 g/mol. The molecule has 1 saturated heterocycles. The fraction of sp³-hybridized carbons (Fsp3) is 0.667. The van der Waals surface area contributed by atoms with Crippen LogP contribution in [0.4, 0.5) is 5.82 Å². The smallest absolute Gasteiger partial charge is 0.230 e. The summed E-state index contributed by atoms with van der Waals surface area (Å²) >= 11 is 7.44. The van der Waals surface area contributed by atoms with E-state index >= 15 is 0 Å². The summed E-state index contributed by atoms with van der Waals surface area (Å²) in [5.41, 5.74) is 0. The van der Waals surface area contributed by atoms with Gasteiger partial charge in [-0.3, -0.25) is 9.59 Å². The first-order chi connectivity index (χ1) is 12.9. The lowest BCUT2D eigenvalue weighted by molar-refractivity contribution is -0.133. The lowest BCUT2D eigenvalue weighted by Gasteiger charge is -2.40. The highest BCUT2D eigenvalue weighted by atomic mass is 35.5. The van der Waals surface area contributed by atoms with Gasteiger partial charge in [0.1, 0.15) is 11.0 Å². The number of rotatable bonds is 8. The van der Waals surface area contributed by atoms with Gasteiger partial charge in [-0.15, -0.1) is 0 Å². The van der Waals surface area contributed by atoms with Crippen LogP contribution in [0.1, 0.15) is 40.0 Å². The number of nitrogens with one attached hydrogen (secondary N) is 1. The van der Waals surface area contributed by atoms with E-state index in [0.29, 0.717) is 42.9 Å². The predicted octanol–water partition coefficient (Wildman–Crippen LogP) is 2.59. The number of thioether (sulfide) groups is 1. The summed E-state index contributed by atoms with van der Waals surface area (Å²) in [6, 6.07) is 1.85. The SMILES string of the molecule is CCCNC(=O)CSc1nc(Cl)cc(N2CCN(C(=O)CCC)[C@H](C)C2)n1. The molecule has 2 rings (SSSR count). The van der Waals surface area contributed by atoms with Crippen LogP contribution >= 0.6 is 23.4 Å². The highest BCUT2D eigenvalue weighted by molar-refractivity contribution is 7.99. The molecule has 0 radical (unpaired) electrons. The van der Waals surface area contributed by atoms with Crippen LogP contribution in [0.3, 0.4) is 0 Å². The Morgan fingerprint density at radius 1 is 1.30 bits per heavy atom. The molecule has 0 aliphatic carbocycles. The van der Waals surface area contributed by atoms with Crippen molar-refractivity contribution < 1.29 is 9.59 Å². The first kappa shape index (κ1) is 21.8. The van der Waals surface area contributed by atoms with Crippen LogP contribution in [-0.4, -0.2) is 64.7 Å². The number of halogens is 1. The third kappa shape index (κ3) is 6.53. The van der Waals surface area contributed by atoms with E-state index in [2.05, 4.69) is 27.1 Å². The Balaban J connectivity index is 1.99. The molecule has 1 aliphatic rings. The van der Waals surface area contributed by atoms with Crippen LogP contribution in [0.25, 0.3) is 0 Å². The van der Waals surface area contributed by atoms with Crippen molar-refractivity contribution in [2.45, 2.75) is 51.2 Å². The van der Waals surface area contributed by atoms with Gasteiger partial charge in [-0.05, 0) is 19.8 Å². The van der Waals surface area contributed by atoms with E-state index in [1.54, 1.807) is 6.07 Å². The second-order valence-corrected chi connectivity index (χ2v) is 7.93. The molecule has 0 unspecified atom stereocenters. The van der Waals surface area contributed by atoms with E-state index in [4.69, 9.17) is 11.6 Å². The van der Waals surface area contributed by atoms with Crippen molar-refractivity contribution in [3.63, 3.8) is 0 Å². The number of carbonyl (C=O) groups excluding carboxylic acids is 2. The summed E-state index contributed by atoms with van der Waals surface area (Å²) in [4.78, 5) is 36.8. The Hall–Kier alpha value is -1.54. The lowest BCUT2D eigenvalue weighted by atomic mass is 10.1. The van der Waals surface area contributed by atoms with Gasteiger partial charge in [0, 0.05) is 44.7 Å². The molecule has 150 valence electrons. The maximum absolute atomic E-state index is 12.2. The Kier molecular flexibility index (Phi) is 8.63. The fourth-order valence-corrected chi connectivity index (χ4v) is 3.86. The van der Waals surface area contributed by atoms with Gasteiger partial charge in [-0.25, -0.2) is 9.97 Å². The van der Waals surface area contributed by atoms with Crippen LogP contribution in [0.15, 0.2) is 11.2 Å². The highest BCUT2D eigenvalue weighted by Crippen LogP contribution is 2.24. The van der Waals surface area contributed by atoms with Gasteiger partial charge >= 0.3 is 0 Å². The zero-order valence-corrected chi connectivity index (χ0v) is 17.8. The van der Waals surface area contributed by atoms with Gasteiger partial charge in [0.25, 0.3) is 0 Å². The molecule has 9 heteroatoms. The van der Waals surface area contributed by atoms with E-state index in [1.807, 2.05) is 18.7 Å². The number of anilines is 1. The van der Waals surface area contributed by atoms with Crippen LogP contribution in [0.5, 0.6) is 0 Å². The third-order valence-corrected chi connectivity index (χ3v) is 5.34. The van der Waals surface area contributed by atoms with Gasteiger partial charge in [0.15, 0.2) is 5.16 Å². The van der Waals surface area contributed by atoms with Gasteiger partial charge in [0.2, 0.25) is 11.8 Å². The first-order valence-corrected chi connectivity index (χ1v) is 10.8.